The first-order valence-electron chi connectivity index (χ1n) is 13.6. The van der Waals surface area contributed by atoms with Gasteiger partial charge in [-0.2, -0.15) is 0 Å². The van der Waals surface area contributed by atoms with Crippen molar-refractivity contribution in [3.05, 3.63) is 35.0 Å². The van der Waals surface area contributed by atoms with Gasteiger partial charge in [-0.1, -0.05) is 26.0 Å². The van der Waals surface area contributed by atoms with Crippen LogP contribution < -0.4 is 20.7 Å². The van der Waals surface area contributed by atoms with E-state index in [0.717, 1.165) is 53.4 Å². The SMILES string of the molecule is CC(=O)N[C@H](C(=O)N1C[C@H](O)C[C@H]1C(=O)NCc1ccc(-c2scnc2C)cc1OC1CCNCC1)C(C)C. The number of hydrogen-bond acceptors (Lipinski definition) is 8. The third-order valence-electron chi connectivity index (χ3n) is 7.26. The van der Waals surface area contributed by atoms with Crippen LogP contribution in [-0.4, -0.2) is 76.6 Å². The third-order valence-corrected chi connectivity index (χ3v) is 8.24. The van der Waals surface area contributed by atoms with Crippen molar-refractivity contribution in [3.8, 4) is 16.2 Å². The molecule has 1 aromatic heterocycles. The highest BCUT2D eigenvalue weighted by Gasteiger charge is 2.42. The van der Waals surface area contributed by atoms with E-state index in [-0.39, 0.29) is 49.3 Å². The molecular weight excluding hydrogens is 518 g/mol. The van der Waals surface area contributed by atoms with Gasteiger partial charge in [0.15, 0.2) is 0 Å². The predicted octanol–water partition coefficient (Wildman–Crippen LogP) is 1.99. The molecular formula is C28H39N5O5S. The molecule has 0 unspecified atom stereocenters. The average molecular weight is 558 g/mol. The number of β-amino-alcohol motifs (C(OH)–C–C–N with tert-alkyl or cyclic N) is 1. The molecule has 4 rings (SSSR count). The van der Waals surface area contributed by atoms with Crippen LogP contribution in [0.5, 0.6) is 5.75 Å². The molecule has 3 heterocycles. The van der Waals surface area contributed by atoms with Gasteiger partial charge < -0.3 is 30.7 Å². The van der Waals surface area contributed by atoms with E-state index in [4.69, 9.17) is 4.74 Å². The first-order chi connectivity index (χ1) is 18.6. The number of nitrogens with zero attached hydrogens (tertiary/aromatic N) is 2. The summed E-state index contributed by atoms with van der Waals surface area (Å²) in [4.78, 5) is 45.2. The monoisotopic (exact) mass is 557 g/mol. The zero-order valence-corrected chi connectivity index (χ0v) is 23.8. The zero-order chi connectivity index (χ0) is 28.1. The van der Waals surface area contributed by atoms with Crippen LogP contribution in [0.25, 0.3) is 10.4 Å². The van der Waals surface area contributed by atoms with E-state index in [1.54, 1.807) is 11.3 Å². The average Bonchev–Trinajstić information content (AvgIpc) is 3.51. The molecule has 10 nitrogen and oxygen atoms in total. The predicted molar refractivity (Wildman–Crippen MR) is 149 cm³/mol. The number of nitrogens with one attached hydrogen (secondary N) is 3. The molecule has 0 bridgehead atoms. The molecule has 11 heteroatoms. The Morgan fingerprint density at radius 3 is 2.64 bits per heavy atom. The summed E-state index contributed by atoms with van der Waals surface area (Å²) in [5.41, 5.74) is 4.63. The number of aliphatic hydroxyl groups excluding tert-OH is 1. The number of amides is 3. The van der Waals surface area contributed by atoms with Gasteiger partial charge >= 0.3 is 0 Å². The number of carbonyl (C=O) groups excluding carboxylic acids is 3. The lowest BCUT2D eigenvalue weighted by atomic mass is 10.0. The summed E-state index contributed by atoms with van der Waals surface area (Å²) in [6.45, 7) is 9.07. The minimum absolute atomic E-state index is 0.0483. The summed E-state index contributed by atoms with van der Waals surface area (Å²) in [6, 6.07) is 4.39. The molecule has 0 saturated carbocycles. The lowest BCUT2D eigenvalue weighted by Crippen LogP contribution is -2.55. The summed E-state index contributed by atoms with van der Waals surface area (Å²) in [6.07, 6.45) is 1.22. The summed E-state index contributed by atoms with van der Waals surface area (Å²) in [5, 5.41) is 19.3. The Morgan fingerprint density at radius 1 is 1.26 bits per heavy atom. The van der Waals surface area contributed by atoms with Crippen molar-refractivity contribution in [3.63, 3.8) is 0 Å². The van der Waals surface area contributed by atoms with E-state index >= 15 is 0 Å². The van der Waals surface area contributed by atoms with Crippen molar-refractivity contribution in [2.75, 3.05) is 19.6 Å². The van der Waals surface area contributed by atoms with Crippen LogP contribution in [0.4, 0.5) is 0 Å². The van der Waals surface area contributed by atoms with Gasteiger partial charge in [-0.15, -0.1) is 11.3 Å². The fourth-order valence-electron chi connectivity index (χ4n) is 5.14. The van der Waals surface area contributed by atoms with E-state index in [0.29, 0.717) is 0 Å². The molecule has 2 aliphatic rings. The quantitative estimate of drug-likeness (QED) is 0.371. The van der Waals surface area contributed by atoms with Crippen LogP contribution >= 0.6 is 11.3 Å². The number of benzene rings is 1. The number of rotatable bonds is 9. The van der Waals surface area contributed by atoms with Crippen molar-refractivity contribution in [1.29, 1.82) is 0 Å². The first-order valence-corrected chi connectivity index (χ1v) is 14.5. The summed E-state index contributed by atoms with van der Waals surface area (Å²) < 4.78 is 6.44. The highest BCUT2D eigenvalue weighted by atomic mass is 32.1. The van der Waals surface area contributed by atoms with Gasteiger partial charge in [-0.25, -0.2) is 4.98 Å². The molecule has 4 N–H and O–H groups in total. The minimum atomic E-state index is -0.824. The molecule has 212 valence electrons. The number of carbonyl (C=O) groups is 3. The Kier molecular flexibility index (Phi) is 9.58. The van der Waals surface area contributed by atoms with Gasteiger partial charge in [0, 0.05) is 32.0 Å². The van der Waals surface area contributed by atoms with Gasteiger partial charge in [0.25, 0.3) is 0 Å². The van der Waals surface area contributed by atoms with Crippen LogP contribution in [0.1, 0.15) is 51.3 Å². The molecule has 3 amide bonds. The van der Waals surface area contributed by atoms with Crippen molar-refractivity contribution >= 4 is 29.1 Å². The number of piperidine rings is 1. The molecule has 2 fully saturated rings. The maximum absolute atomic E-state index is 13.3. The van der Waals surface area contributed by atoms with Crippen molar-refractivity contribution in [2.45, 2.75) is 77.8 Å². The Balaban J connectivity index is 1.50. The summed E-state index contributed by atoms with van der Waals surface area (Å²) >= 11 is 1.58. The minimum Gasteiger partial charge on any atom is -0.490 e. The third kappa shape index (κ3) is 7.14. The molecule has 2 saturated heterocycles. The molecule has 0 aliphatic carbocycles. The van der Waals surface area contributed by atoms with Crippen molar-refractivity contribution < 1.29 is 24.2 Å². The summed E-state index contributed by atoms with van der Waals surface area (Å²) in [7, 11) is 0. The highest BCUT2D eigenvalue weighted by Crippen LogP contribution is 2.33. The van der Waals surface area contributed by atoms with Gasteiger partial charge in [0.1, 0.15) is 23.9 Å². The molecule has 2 aromatic rings. The highest BCUT2D eigenvalue weighted by molar-refractivity contribution is 7.13. The number of aromatic nitrogens is 1. The van der Waals surface area contributed by atoms with Crippen LogP contribution in [0, 0.1) is 12.8 Å². The smallest absolute Gasteiger partial charge is 0.246 e. The molecule has 2 aliphatic heterocycles. The van der Waals surface area contributed by atoms with E-state index in [9.17, 15) is 19.5 Å². The number of likely N-dealkylation sites (tertiary alicyclic amines) is 1. The van der Waals surface area contributed by atoms with Crippen LogP contribution in [0.15, 0.2) is 23.7 Å². The second-order valence-electron chi connectivity index (χ2n) is 10.7. The van der Waals surface area contributed by atoms with Gasteiger partial charge in [0.05, 0.1) is 22.2 Å². The molecule has 3 atom stereocenters. The fraction of sp³-hybridized carbons (Fsp3) is 0.571. The fourth-order valence-corrected chi connectivity index (χ4v) is 5.94. The molecule has 0 spiro atoms. The van der Waals surface area contributed by atoms with Gasteiger partial charge in [-0.05, 0) is 50.4 Å². The van der Waals surface area contributed by atoms with E-state index in [1.807, 2.05) is 44.5 Å². The van der Waals surface area contributed by atoms with Crippen LogP contribution in [-0.2, 0) is 20.9 Å². The summed E-state index contributed by atoms with van der Waals surface area (Å²) in [5.74, 6) is -0.478. The van der Waals surface area contributed by atoms with Gasteiger partial charge in [0.2, 0.25) is 17.7 Å². The normalized spacial score (nSPS) is 20.6. The van der Waals surface area contributed by atoms with Crippen molar-refractivity contribution in [1.82, 2.24) is 25.8 Å². The Morgan fingerprint density at radius 2 is 2.00 bits per heavy atom. The standard InChI is InChI=1S/C28H39N5O5S/c1-16(2)25(32-18(4)34)28(37)33-14-21(35)12-23(33)27(36)30-13-20-6-5-19(26-17(3)31-15-39-26)11-24(20)38-22-7-9-29-10-8-22/h5-6,11,15-16,21-23,25,29,35H,7-10,12-14H2,1-4H3,(H,30,36)(H,32,34)/t21-,23+,25+/m1/s1. The number of ether oxygens (including phenoxy) is 1. The van der Waals surface area contributed by atoms with Gasteiger partial charge in [-0.3, -0.25) is 14.4 Å². The topological polar surface area (TPSA) is 133 Å². The Hall–Kier alpha value is -3.02. The van der Waals surface area contributed by atoms with E-state index in [1.165, 1.54) is 11.8 Å². The molecule has 1 aromatic carbocycles. The zero-order valence-electron chi connectivity index (χ0n) is 23.0. The Labute approximate surface area is 233 Å². The lowest BCUT2D eigenvalue weighted by Gasteiger charge is -2.30. The number of aliphatic hydroxyl groups is 1. The van der Waals surface area contributed by atoms with Crippen LogP contribution in [0.2, 0.25) is 0 Å². The molecule has 0 radical (unpaired) electrons. The van der Waals surface area contributed by atoms with E-state index < -0.39 is 18.2 Å². The second-order valence-corrected chi connectivity index (χ2v) is 11.5. The van der Waals surface area contributed by atoms with E-state index in [2.05, 4.69) is 20.9 Å². The number of thiazole rings is 1. The maximum atomic E-state index is 13.3. The first kappa shape index (κ1) is 29.0. The Bertz CT molecular complexity index is 1180. The lowest BCUT2D eigenvalue weighted by molar-refractivity contribution is -0.142. The molecule has 39 heavy (non-hydrogen) atoms. The van der Waals surface area contributed by atoms with Crippen molar-refractivity contribution in [2.24, 2.45) is 5.92 Å². The van der Waals surface area contributed by atoms with Crippen LogP contribution in [0.3, 0.4) is 0 Å². The number of hydrogen-bond donors (Lipinski definition) is 4. The second kappa shape index (κ2) is 12.9. The largest absolute Gasteiger partial charge is 0.490 e. The maximum Gasteiger partial charge on any atom is 0.246 e. The number of aryl methyl sites for hydroxylation is 1.